The van der Waals surface area contributed by atoms with Crippen LogP contribution in [-0.4, -0.2) is 0 Å². The van der Waals surface area contributed by atoms with Crippen molar-refractivity contribution >= 4 is 0 Å². The summed E-state index contributed by atoms with van der Waals surface area (Å²) in [6.45, 7) is 3.83. The van der Waals surface area contributed by atoms with E-state index in [1.165, 1.54) is 17.5 Å². The average Bonchev–Trinajstić information content (AvgIpc) is 2.84. The zero-order valence-electron chi connectivity index (χ0n) is 12.0. The minimum absolute atomic E-state index is 0.199. The van der Waals surface area contributed by atoms with Gasteiger partial charge in [-0.1, -0.05) is 24.3 Å². The number of fused-ring (bicyclic) bond motifs is 1. The Labute approximate surface area is 119 Å². The molecule has 1 aliphatic carbocycles. The number of rotatable bonds is 2. The summed E-state index contributed by atoms with van der Waals surface area (Å²) in [6, 6.07) is 9.53. The molecular formula is C18H20FN. The number of hydrogen-bond acceptors (Lipinski definition) is 1. The Balaban J connectivity index is 2.03. The fraction of sp³-hybridized carbons (Fsp3) is 0.333. The molecule has 3 rings (SSSR count). The first-order chi connectivity index (χ1) is 9.56. The first-order valence-electron chi connectivity index (χ1n) is 7.20. The summed E-state index contributed by atoms with van der Waals surface area (Å²) in [5, 5.41) is 0. The molecule has 2 aromatic rings. The van der Waals surface area contributed by atoms with Crippen molar-refractivity contribution in [1.29, 1.82) is 0 Å². The highest BCUT2D eigenvalue weighted by Gasteiger charge is 2.19. The molecule has 20 heavy (non-hydrogen) atoms. The van der Waals surface area contributed by atoms with E-state index < -0.39 is 0 Å². The van der Waals surface area contributed by atoms with E-state index in [9.17, 15) is 4.39 Å². The Morgan fingerprint density at radius 1 is 1.05 bits per heavy atom. The molecule has 0 aromatic heterocycles. The third kappa shape index (κ3) is 2.25. The van der Waals surface area contributed by atoms with Crippen LogP contribution in [0.5, 0.6) is 0 Å². The van der Waals surface area contributed by atoms with Gasteiger partial charge in [0.1, 0.15) is 5.82 Å². The number of aryl methyl sites for hydroxylation is 4. The zero-order chi connectivity index (χ0) is 14.3. The molecule has 104 valence electrons. The van der Waals surface area contributed by atoms with Crippen LogP contribution in [0.4, 0.5) is 4.39 Å². The van der Waals surface area contributed by atoms with Crippen molar-refractivity contribution < 1.29 is 4.39 Å². The Kier molecular flexibility index (Phi) is 3.35. The van der Waals surface area contributed by atoms with E-state index in [4.69, 9.17) is 5.73 Å². The molecule has 0 spiro atoms. The lowest BCUT2D eigenvalue weighted by Gasteiger charge is -2.18. The van der Waals surface area contributed by atoms with E-state index in [1.54, 1.807) is 6.07 Å². The molecule has 1 unspecified atom stereocenters. The Morgan fingerprint density at radius 3 is 2.55 bits per heavy atom. The maximum absolute atomic E-state index is 14.2. The van der Waals surface area contributed by atoms with E-state index in [2.05, 4.69) is 12.1 Å². The van der Waals surface area contributed by atoms with E-state index in [0.717, 1.165) is 29.5 Å². The van der Waals surface area contributed by atoms with Gasteiger partial charge in [-0.05, 0) is 67.0 Å². The molecule has 1 nitrogen and oxygen atoms in total. The van der Waals surface area contributed by atoms with E-state index in [0.29, 0.717) is 5.56 Å². The Hall–Kier alpha value is -1.67. The van der Waals surface area contributed by atoms with Crippen molar-refractivity contribution in [1.82, 2.24) is 0 Å². The second kappa shape index (κ2) is 5.02. The predicted molar refractivity (Wildman–Crippen MR) is 80.4 cm³/mol. The standard InChI is InChI=1S/C18H20FN/c1-11-8-12(2)17(16(19)9-11)18(20)15-7-6-13-4-3-5-14(13)10-15/h6-10,18H,3-5,20H2,1-2H3. The minimum Gasteiger partial charge on any atom is -0.320 e. The third-order valence-corrected chi connectivity index (χ3v) is 4.27. The molecule has 1 atom stereocenters. The van der Waals surface area contributed by atoms with Crippen molar-refractivity contribution in [3.8, 4) is 0 Å². The van der Waals surface area contributed by atoms with Crippen molar-refractivity contribution in [2.45, 2.75) is 39.2 Å². The lowest BCUT2D eigenvalue weighted by Crippen LogP contribution is -2.15. The highest BCUT2D eigenvalue weighted by Crippen LogP contribution is 2.30. The molecule has 0 aliphatic heterocycles. The minimum atomic E-state index is -0.388. The molecule has 2 heteroatoms. The summed E-state index contributed by atoms with van der Waals surface area (Å²) in [5.74, 6) is -0.199. The first-order valence-corrected chi connectivity index (χ1v) is 7.20. The van der Waals surface area contributed by atoms with Crippen molar-refractivity contribution in [3.63, 3.8) is 0 Å². The first kappa shape index (κ1) is 13.3. The van der Waals surface area contributed by atoms with Crippen molar-refractivity contribution in [2.24, 2.45) is 5.73 Å². The number of hydrogen-bond donors (Lipinski definition) is 1. The van der Waals surface area contributed by atoms with Gasteiger partial charge < -0.3 is 5.73 Å². The second-order valence-electron chi connectivity index (χ2n) is 5.84. The van der Waals surface area contributed by atoms with Crippen LogP contribution in [0, 0.1) is 19.7 Å². The molecule has 0 bridgehead atoms. The topological polar surface area (TPSA) is 26.0 Å². The van der Waals surface area contributed by atoms with Gasteiger partial charge in [-0.2, -0.15) is 0 Å². The molecule has 2 N–H and O–H groups in total. The molecule has 2 aromatic carbocycles. The summed E-state index contributed by atoms with van der Waals surface area (Å²) >= 11 is 0. The van der Waals surface area contributed by atoms with Crippen LogP contribution in [0.1, 0.15) is 45.8 Å². The van der Waals surface area contributed by atoms with Crippen molar-refractivity contribution in [3.05, 3.63) is 69.5 Å². The van der Waals surface area contributed by atoms with E-state index >= 15 is 0 Å². The molecule has 0 saturated carbocycles. The van der Waals surface area contributed by atoms with Gasteiger partial charge >= 0.3 is 0 Å². The number of halogens is 1. The maximum atomic E-state index is 14.2. The van der Waals surface area contributed by atoms with Crippen LogP contribution < -0.4 is 5.73 Å². The van der Waals surface area contributed by atoms with Gasteiger partial charge in [0.05, 0.1) is 6.04 Å². The molecule has 0 amide bonds. The van der Waals surface area contributed by atoms with Gasteiger partial charge in [0.15, 0.2) is 0 Å². The molecule has 0 radical (unpaired) electrons. The van der Waals surface area contributed by atoms with Gasteiger partial charge in [0, 0.05) is 5.56 Å². The molecule has 1 aliphatic rings. The van der Waals surface area contributed by atoms with Crippen LogP contribution in [-0.2, 0) is 12.8 Å². The summed E-state index contributed by atoms with van der Waals surface area (Å²) < 4.78 is 14.2. The van der Waals surface area contributed by atoms with Gasteiger partial charge in [0.25, 0.3) is 0 Å². The van der Waals surface area contributed by atoms with Crippen LogP contribution >= 0.6 is 0 Å². The van der Waals surface area contributed by atoms with Crippen LogP contribution in [0.2, 0.25) is 0 Å². The van der Waals surface area contributed by atoms with Crippen LogP contribution in [0.3, 0.4) is 0 Å². The summed E-state index contributed by atoms with van der Waals surface area (Å²) in [7, 11) is 0. The summed E-state index contributed by atoms with van der Waals surface area (Å²) in [5.41, 5.74) is 12.6. The summed E-state index contributed by atoms with van der Waals surface area (Å²) in [4.78, 5) is 0. The van der Waals surface area contributed by atoms with Crippen molar-refractivity contribution in [2.75, 3.05) is 0 Å². The van der Waals surface area contributed by atoms with E-state index in [1.807, 2.05) is 26.0 Å². The predicted octanol–water partition coefficient (Wildman–Crippen LogP) is 3.98. The lowest BCUT2D eigenvalue weighted by atomic mass is 9.92. The average molecular weight is 269 g/mol. The molecular weight excluding hydrogens is 249 g/mol. The van der Waals surface area contributed by atoms with Gasteiger partial charge in [0.2, 0.25) is 0 Å². The lowest BCUT2D eigenvalue weighted by molar-refractivity contribution is 0.596. The van der Waals surface area contributed by atoms with E-state index in [-0.39, 0.29) is 11.9 Å². The van der Waals surface area contributed by atoms with Gasteiger partial charge in [-0.3, -0.25) is 0 Å². The monoisotopic (exact) mass is 269 g/mol. The number of benzene rings is 2. The second-order valence-corrected chi connectivity index (χ2v) is 5.84. The Morgan fingerprint density at radius 2 is 1.80 bits per heavy atom. The fourth-order valence-corrected chi connectivity index (χ4v) is 3.27. The fourth-order valence-electron chi connectivity index (χ4n) is 3.27. The molecule has 0 fully saturated rings. The Bertz CT molecular complexity index is 637. The quantitative estimate of drug-likeness (QED) is 0.876. The number of nitrogens with two attached hydrogens (primary N) is 1. The normalized spacial score (nSPS) is 15.2. The highest BCUT2D eigenvalue weighted by molar-refractivity contribution is 5.43. The molecule has 0 heterocycles. The zero-order valence-corrected chi connectivity index (χ0v) is 12.0. The smallest absolute Gasteiger partial charge is 0.128 e. The SMILES string of the molecule is Cc1cc(C)c(C(N)c2ccc3c(c2)CCC3)c(F)c1. The van der Waals surface area contributed by atoms with Crippen LogP contribution in [0.15, 0.2) is 30.3 Å². The highest BCUT2D eigenvalue weighted by atomic mass is 19.1. The van der Waals surface area contributed by atoms with Gasteiger partial charge in [-0.15, -0.1) is 0 Å². The van der Waals surface area contributed by atoms with Gasteiger partial charge in [-0.25, -0.2) is 4.39 Å². The molecule has 0 saturated heterocycles. The largest absolute Gasteiger partial charge is 0.320 e. The third-order valence-electron chi connectivity index (χ3n) is 4.27. The van der Waals surface area contributed by atoms with Crippen LogP contribution in [0.25, 0.3) is 0 Å². The maximum Gasteiger partial charge on any atom is 0.128 e. The summed E-state index contributed by atoms with van der Waals surface area (Å²) in [6.07, 6.45) is 3.49.